The first-order chi connectivity index (χ1) is 41.2. The Bertz CT molecular complexity index is 1740. The number of ether oxygens (including phenoxy) is 3. The van der Waals surface area contributed by atoms with E-state index in [1.54, 1.807) is 6.08 Å². The molecule has 1 fully saturated rings. The van der Waals surface area contributed by atoms with E-state index in [0.717, 1.165) is 122 Å². The lowest BCUT2D eigenvalue weighted by atomic mass is 9.99. The van der Waals surface area contributed by atoms with Crippen molar-refractivity contribution in [2.75, 3.05) is 13.2 Å². The van der Waals surface area contributed by atoms with Gasteiger partial charge in [-0.1, -0.05) is 279 Å². The Balaban J connectivity index is 2.59. The summed E-state index contributed by atoms with van der Waals surface area (Å²) in [5, 5.41) is 57.1. The van der Waals surface area contributed by atoms with Crippen LogP contribution in [0.3, 0.4) is 0 Å². The minimum atomic E-state index is -1.62. The molecule has 84 heavy (non-hydrogen) atoms. The molecule has 11 nitrogen and oxygen atoms in total. The summed E-state index contributed by atoms with van der Waals surface area (Å²) >= 11 is 0. The average molecular weight is 1180 g/mol. The van der Waals surface area contributed by atoms with E-state index in [1.807, 2.05) is 6.08 Å². The number of amides is 1. The summed E-state index contributed by atoms with van der Waals surface area (Å²) in [5.41, 5.74) is 0. The number of allylic oxidation sites excluding steroid dienone is 15. The van der Waals surface area contributed by atoms with E-state index in [9.17, 15) is 35.1 Å². The predicted molar refractivity (Wildman–Crippen MR) is 352 cm³/mol. The maximum absolute atomic E-state index is 13.4. The highest BCUT2D eigenvalue weighted by Gasteiger charge is 2.47. The van der Waals surface area contributed by atoms with Gasteiger partial charge in [-0.05, 0) is 103 Å². The largest absolute Gasteiger partial charge is 0.454 e. The fraction of sp³-hybridized carbons (Fsp3) is 0.753. The van der Waals surface area contributed by atoms with Crippen LogP contribution in [0, 0.1) is 0 Å². The molecule has 0 bridgehead atoms. The Kier molecular flexibility index (Phi) is 56.0. The Morgan fingerprint density at radius 1 is 0.476 bits per heavy atom. The molecule has 1 aliphatic rings. The molecule has 1 aliphatic heterocycles. The maximum atomic E-state index is 13.4. The Morgan fingerprint density at radius 3 is 1.30 bits per heavy atom. The van der Waals surface area contributed by atoms with Crippen molar-refractivity contribution in [1.29, 1.82) is 0 Å². The molecule has 1 heterocycles. The molecular weight excluding hydrogens is 1050 g/mol. The van der Waals surface area contributed by atoms with Gasteiger partial charge in [0.25, 0.3) is 0 Å². The molecule has 0 aromatic heterocycles. The van der Waals surface area contributed by atoms with Gasteiger partial charge in [0.2, 0.25) is 5.91 Å². The van der Waals surface area contributed by atoms with E-state index in [0.29, 0.717) is 12.8 Å². The Hall–Kier alpha value is -3.42. The maximum Gasteiger partial charge on any atom is 0.306 e. The van der Waals surface area contributed by atoms with Crippen molar-refractivity contribution in [3.8, 4) is 0 Å². The lowest BCUT2D eigenvalue weighted by Gasteiger charge is -2.41. The third kappa shape index (κ3) is 46.8. The van der Waals surface area contributed by atoms with Gasteiger partial charge in [0.1, 0.15) is 24.4 Å². The van der Waals surface area contributed by atoms with Gasteiger partial charge in [-0.25, -0.2) is 0 Å². The van der Waals surface area contributed by atoms with E-state index in [2.05, 4.69) is 111 Å². The SMILES string of the molecule is CC/C=C\C/C=C\C/C=C\C/C=C\C/C=C\C/C=C\CCCCCCCCCCC(=O)OC1C(OCC(NC(=O)C(O)CCCCCCCC/C=C/CCCCCCCC)C(O)/C=C/CCCCCCCCCCCC)OC(CO)C(O)C1O. The number of unbranched alkanes of at least 4 members (excludes halogenated alkanes) is 30. The monoisotopic (exact) mass is 1180 g/mol. The van der Waals surface area contributed by atoms with Crippen molar-refractivity contribution in [1.82, 2.24) is 5.32 Å². The lowest BCUT2D eigenvalue weighted by Crippen LogP contribution is -2.61. The molecule has 0 aromatic carbocycles. The van der Waals surface area contributed by atoms with Crippen LogP contribution in [0.5, 0.6) is 0 Å². The van der Waals surface area contributed by atoms with Crippen LogP contribution < -0.4 is 5.32 Å². The van der Waals surface area contributed by atoms with Gasteiger partial charge in [-0.2, -0.15) is 0 Å². The molecule has 0 radical (unpaired) electrons. The van der Waals surface area contributed by atoms with Crippen LogP contribution in [0.25, 0.3) is 0 Å². The number of hydrogen-bond donors (Lipinski definition) is 6. The minimum absolute atomic E-state index is 0.109. The third-order valence-corrected chi connectivity index (χ3v) is 15.7. The Morgan fingerprint density at radius 2 is 0.857 bits per heavy atom. The number of aliphatic hydroxyl groups excluding tert-OH is 5. The number of nitrogens with one attached hydrogen (secondary N) is 1. The molecule has 8 unspecified atom stereocenters. The van der Waals surface area contributed by atoms with Gasteiger partial charge in [0.05, 0.1) is 25.4 Å². The molecule has 1 saturated heterocycles. The van der Waals surface area contributed by atoms with Gasteiger partial charge in [0, 0.05) is 6.42 Å². The van der Waals surface area contributed by atoms with Gasteiger partial charge in [-0.15, -0.1) is 0 Å². The summed E-state index contributed by atoms with van der Waals surface area (Å²) in [6, 6.07) is -1.03. The molecule has 11 heteroatoms. The number of aliphatic hydroxyl groups is 5. The van der Waals surface area contributed by atoms with Crippen LogP contribution in [0.15, 0.2) is 97.2 Å². The van der Waals surface area contributed by atoms with E-state index in [-0.39, 0.29) is 19.4 Å². The molecule has 8 atom stereocenters. The summed E-state index contributed by atoms with van der Waals surface area (Å²) < 4.78 is 17.7. The molecule has 0 spiro atoms. The average Bonchev–Trinajstić information content (AvgIpc) is 3.69. The van der Waals surface area contributed by atoms with Crippen molar-refractivity contribution < 1.29 is 49.3 Å². The molecule has 0 saturated carbocycles. The predicted octanol–water partition coefficient (Wildman–Crippen LogP) is 17.5. The molecule has 6 N–H and O–H groups in total. The summed E-state index contributed by atoms with van der Waals surface area (Å²) in [4.78, 5) is 26.6. The number of carbonyl (C=O) groups is 2. The molecule has 0 aliphatic carbocycles. The highest BCUT2D eigenvalue weighted by atomic mass is 16.7. The van der Waals surface area contributed by atoms with Crippen molar-refractivity contribution in [2.24, 2.45) is 0 Å². The number of esters is 1. The lowest BCUT2D eigenvalue weighted by molar-refractivity contribution is -0.305. The number of hydrogen-bond acceptors (Lipinski definition) is 10. The summed E-state index contributed by atoms with van der Waals surface area (Å²) in [5.74, 6) is -1.21. The van der Waals surface area contributed by atoms with E-state index in [1.165, 1.54) is 122 Å². The minimum Gasteiger partial charge on any atom is -0.454 e. The number of rotatable bonds is 58. The van der Waals surface area contributed by atoms with Crippen molar-refractivity contribution in [3.05, 3.63) is 97.2 Å². The second-order valence-corrected chi connectivity index (χ2v) is 23.5. The first-order valence-electron chi connectivity index (χ1n) is 34.5. The van der Waals surface area contributed by atoms with E-state index in [4.69, 9.17) is 14.2 Å². The van der Waals surface area contributed by atoms with Crippen LogP contribution in [-0.2, 0) is 23.8 Å². The standard InChI is InChI=1S/C73H127NO10/c1-4-7-10-13-16-19-22-25-27-29-30-31-32-33-34-35-36-37-38-39-41-43-46-49-52-55-58-61-68(78)84-71-70(80)69(79)67(62-75)83-73(71)82-63-64(65(76)59-56-53-50-47-44-24-21-18-15-12-9-6-3)74-72(81)66(77)60-57-54-51-48-45-42-40-28-26-23-20-17-14-11-8-5-2/h7,10,16,19,25-28,30-31,33-34,36-37,56,59,64-67,69-71,73,75-77,79-80H,4-6,8-9,11-15,17-18,20-24,29,32,35,38-55,57-58,60-63H2,1-3H3,(H,74,81)/b10-7-,19-16-,27-25-,28-26+,31-30-,34-33-,37-36-,59-56+. The summed E-state index contributed by atoms with van der Waals surface area (Å²) in [7, 11) is 0. The first kappa shape index (κ1) is 78.6. The third-order valence-electron chi connectivity index (χ3n) is 15.7. The first-order valence-corrected chi connectivity index (χ1v) is 34.5. The normalized spacial score (nSPS) is 19.1. The zero-order valence-electron chi connectivity index (χ0n) is 53.7. The highest BCUT2D eigenvalue weighted by Crippen LogP contribution is 2.26. The topological polar surface area (TPSA) is 175 Å². The smallest absolute Gasteiger partial charge is 0.306 e. The van der Waals surface area contributed by atoms with Crippen LogP contribution >= 0.6 is 0 Å². The molecule has 1 rings (SSSR count). The van der Waals surface area contributed by atoms with Crippen LogP contribution in [0.2, 0.25) is 0 Å². The fourth-order valence-electron chi connectivity index (χ4n) is 10.3. The molecule has 1 amide bonds. The van der Waals surface area contributed by atoms with E-state index < -0.39 is 67.4 Å². The quantitative estimate of drug-likeness (QED) is 0.0195. The van der Waals surface area contributed by atoms with Crippen molar-refractivity contribution in [3.63, 3.8) is 0 Å². The second kappa shape index (κ2) is 59.9. The van der Waals surface area contributed by atoms with Gasteiger partial charge >= 0.3 is 5.97 Å². The summed E-state index contributed by atoms with van der Waals surface area (Å²) in [6.07, 6.45) is 70.1. The van der Waals surface area contributed by atoms with E-state index >= 15 is 0 Å². The highest BCUT2D eigenvalue weighted by molar-refractivity contribution is 5.80. The van der Waals surface area contributed by atoms with Crippen LogP contribution in [-0.4, -0.2) is 99.6 Å². The fourth-order valence-corrected chi connectivity index (χ4v) is 10.3. The molecule has 484 valence electrons. The molecular formula is C73H127NO10. The van der Waals surface area contributed by atoms with Crippen LogP contribution in [0.1, 0.15) is 290 Å². The van der Waals surface area contributed by atoms with Gasteiger partial charge < -0.3 is 45.1 Å². The summed E-state index contributed by atoms with van der Waals surface area (Å²) in [6.45, 7) is 5.68. The Labute approximate surface area is 514 Å². The number of carbonyl (C=O) groups excluding carboxylic acids is 2. The molecule has 0 aromatic rings. The van der Waals surface area contributed by atoms with Crippen molar-refractivity contribution >= 4 is 11.9 Å². The van der Waals surface area contributed by atoms with Gasteiger partial charge in [0.15, 0.2) is 12.4 Å². The zero-order chi connectivity index (χ0) is 61.0. The van der Waals surface area contributed by atoms with Gasteiger partial charge in [-0.3, -0.25) is 9.59 Å². The zero-order valence-corrected chi connectivity index (χ0v) is 53.7. The second-order valence-electron chi connectivity index (χ2n) is 23.5. The van der Waals surface area contributed by atoms with Crippen LogP contribution in [0.4, 0.5) is 0 Å². The van der Waals surface area contributed by atoms with Crippen molar-refractivity contribution in [2.45, 2.75) is 339 Å².